The van der Waals surface area contributed by atoms with Crippen LogP contribution in [-0.4, -0.2) is 47.7 Å². The number of carboxylic acids is 1. The zero-order chi connectivity index (χ0) is 34.2. The third-order valence-electron chi connectivity index (χ3n) is 5.68. The molecule has 0 radical (unpaired) electrons. The largest absolute Gasteiger partial charge is 0.497 e. The van der Waals surface area contributed by atoms with E-state index in [2.05, 4.69) is 0 Å². The van der Waals surface area contributed by atoms with Crippen molar-refractivity contribution in [2.24, 2.45) is 0 Å². The first-order valence-corrected chi connectivity index (χ1v) is 13.6. The van der Waals surface area contributed by atoms with Gasteiger partial charge in [-0.3, -0.25) is 14.4 Å². The van der Waals surface area contributed by atoms with Gasteiger partial charge in [0.05, 0.1) is 18.2 Å². The van der Waals surface area contributed by atoms with Crippen molar-refractivity contribution < 1.29 is 52.8 Å². The summed E-state index contributed by atoms with van der Waals surface area (Å²) in [5.74, 6) is -1.74. The van der Waals surface area contributed by atoms with Gasteiger partial charge in [0, 0.05) is 19.4 Å². The molecule has 11 heteroatoms. The van der Waals surface area contributed by atoms with Crippen LogP contribution in [0.2, 0.25) is 0 Å². The maximum absolute atomic E-state index is 11.9. The number of hydrogen-bond donors (Lipinski definition) is 1. The smallest absolute Gasteiger partial charge is 0.379 e. The average molecular weight is 629 g/mol. The number of carbonyl (C=O) groups is 6. The Labute approximate surface area is 265 Å². The Morgan fingerprint density at radius 3 is 1.35 bits per heavy atom. The van der Waals surface area contributed by atoms with Gasteiger partial charge < -0.3 is 24.1 Å². The van der Waals surface area contributed by atoms with Gasteiger partial charge in [-0.05, 0) is 86.6 Å². The maximum atomic E-state index is 11.9. The van der Waals surface area contributed by atoms with Gasteiger partial charge in [-0.15, -0.1) is 0 Å². The molecule has 238 valence electrons. The van der Waals surface area contributed by atoms with Crippen LogP contribution < -0.4 is 18.9 Å². The second-order valence-corrected chi connectivity index (χ2v) is 9.38. The molecule has 0 atom stereocenters. The summed E-state index contributed by atoms with van der Waals surface area (Å²) in [6.45, 7) is 5.80. The predicted octanol–water partition coefficient (Wildman–Crippen LogP) is 5.92. The molecule has 4 aromatic rings. The fraction of sp³-hybridized carbons (Fsp3) is 0.143. The van der Waals surface area contributed by atoms with Crippen molar-refractivity contribution in [1.29, 1.82) is 0 Å². The summed E-state index contributed by atoms with van der Waals surface area (Å²) >= 11 is 0. The molecule has 0 saturated heterocycles. The molecule has 1 N–H and O–H groups in total. The minimum Gasteiger partial charge on any atom is -0.497 e. The van der Waals surface area contributed by atoms with Gasteiger partial charge in [0.1, 0.15) is 23.0 Å². The molecule has 11 nitrogen and oxygen atoms in total. The number of hydrogen-bond acceptors (Lipinski definition) is 10. The van der Waals surface area contributed by atoms with Crippen molar-refractivity contribution in [2.75, 3.05) is 7.11 Å². The Bertz CT molecular complexity index is 1650. The molecule has 0 fully saturated rings. The normalized spacial score (nSPS) is 9.59. The van der Waals surface area contributed by atoms with Crippen LogP contribution in [0.3, 0.4) is 0 Å². The SMILES string of the molecule is CC(=O)Oc1ccc(OC(=O)C(C)=O)cc1.COc1ccc(OC(=O)c2ccc(C(C)=O)cc2)cc1.Cc1ccc(C(=O)O)cc1. The third-order valence-corrected chi connectivity index (χ3v) is 5.68. The number of rotatable bonds is 8. The van der Waals surface area contributed by atoms with Crippen molar-refractivity contribution in [3.05, 3.63) is 119 Å². The zero-order valence-corrected chi connectivity index (χ0v) is 25.8. The molecule has 0 amide bonds. The molecule has 46 heavy (non-hydrogen) atoms. The molecular weight excluding hydrogens is 596 g/mol. The standard InChI is InChI=1S/C16H14O4.C11H10O5.C8H8O2/c1-11(17)12-3-5-13(6-4-12)16(18)20-15-9-7-14(19-2)8-10-15;1-7(12)11(14)16-10-5-3-9(4-6-10)15-8(2)13;1-6-2-4-7(5-3-6)8(9)10/h3-10H,1-2H3;3-6H,1-2H3;2-5H,1H3,(H,9,10). The summed E-state index contributed by atoms with van der Waals surface area (Å²) in [6.07, 6.45) is 0. The number of ether oxygens (including phenoxy) is 4. The summed E-state index contributed by atoms with van der Waals surface area (Å²) in [5.41, 5.74) is 2.37. The predicted molar refractivity (Wildman–Crippen MR) is 167 cm³/mol. The van der Waals surface area contributed by atoms with Crippen LogP contribution in [0, 0.1) is 6.92 Å². The van der Waals surface area contributed by atoms with Crippen LogP contribution in [0.5, 0.6) is 23.0 Å². The van der Waals surface area contributed by atoms with Crippen molar-refractivity contribution in [2.45, 2.75) is 27.7 Å². The van der Waals surface area contributed by atoms with Crippen LogP contribution in [0.25, 0.3) is 0 Å². The number of carboxylic acid groups (broad SMARTS) is 1. The maximum Gasteiger partial charge on any atom is 0.379 e. The zero-order valence-electron chi connectivity index (χ0n) is 25.8. The van der Waals surface area contributed by atoms with Crippen LogP contribution in [0.1, 0.15) is 57.4 Å². The van der Waals surface area contributed by atoms with Crippen LogP contribution >= 0.6 is 0 Å². The van der Waals surface area contributed by atoms with Gasteiger partial charge in [-0.2, -0.15) is 0 Å². The summed E-state index contributed by atoms with van der Waals surface area (Å²) in [7, 11) is 1.57. The summed E-state index contributed by atoms with van der Waals surface area (Å²) in [6, 6.07) is 25.6. The number of carbonyl (C=O) groups excluding carboxylic acids is 5. The number of esters is 3. The highest BCUT2D eigenvalue weighted by atomic mass is 16.5. The van der Waals surface area contributed by atoms with E-state index in [4.69, 9.17) is 24.1 Å². The molecule has 0 unspecified atom stereocenters. The summed E-state index contributed by atoms with van der Waals surface area (Å²) in [5, 5.41) is 8.48. The lowest BCUT2D eigenvalue weighted by atomic mass is 10.1. The minimum absolute atomic E-state index is 0.0416. The van der Waals surface area contributed by atoms with E-state index in [-0.39, 0.29) is 11.5 Å². The number of ketones is 2. The lowest BCUT2D eigenvalue weighted by molar-refractivity contribution is -0.146. The second kappa shape index (κ2) is 17.9. The number of benzene rings is 4. The van der Waals surface area contributed by atoms with E-state index in [1.807, 2.05) is 6.92 Å². The van der Waals surface area contributed by atoms with Crippen molar-refractivity contribution in [1.82, 2.24) is 0 Å². The molecule has 0 aliphatic rings. The van der Waals surface area contributed by atoms with Gasteiger partial charge in [0.15, 0.2) is 5.78 Å². The highest BCUT2D eigenvalue weighted by Gasteiger charge is 2.11. The Balaban J connectivity index is 0.000000254. The van der Waals surface area contributed by atoms with E-state index in [0.29, 0.717) is 33.9 Å². The Kier molecular flexibility index (Phi) is 14.0. The molecule has 0 aromatic heterocycles. The Morgan fingerprint density at radius 2 is 0.935 bits per heavy atom. The molecule has 4 rings (SSSR count). The second-order valence-electron chi connectivity index (χ2n) is 9.38. The lowest BCUT2D eigenvalue weighted by Crippen LogP contribution is -2.16. The number of methoxy groups -OCH3 is 1. The quantitative estimate of drug-likeness (QED) is 0.107. The highest BCUT2D eigenvalue weighted by Crippen LogP contribution is 2.19. The number of aromatic carboxylic acids is 1. The monoisotopic (exact) mass is 628 g/mol. The van der Waals surface area contributed by atoms with Crippen LogP contribution in [0.4, 0.5) is 0 Å². The van der Waals surface area contributed by atoms with Gasteiger partial charge in [-0.25, -0.2) is 14.4 Å². The average Bonchev–Trinajstić information content (AvgIpc) is 3.03. The lowest BCUT2D eigenvalue weighted by Gasteiger charge is -2.05. The van der Waals surface area contributed by atoms with E-state index < -0.39 is 29.7 Å². The van der Waals surface area contributed by atoms with E-state index in [0.717, 1.165) is 12.5 Å². The fourth-order valence-electron chi connectivity index (χ4n) is 3.27. The van der Waals surface area contributed by atoms with Gasteiger partial charge in [0.2, 0.25) is 5.78 Å². The van der Waals surface area contributed by atoms with E-state index in [9.17, 15) is 28.8 Å². The Hall–Kier alpha value is -6.10. The third kappa shape index (κ3) is 12.6. The number of Topliss-reactive ketones (excluding diaryl/α,β-unsaturated/α-hetero) is 2. The topological polar surface area (TPSA) is 160 Å². The molecule has 0 aliphatic carbocycles. The first-order valence-electron chi connectivity index (χ1n) is 13.6. The molecule has 0 bridgehead atoms. The first kappa shape index (κ1) is 36.1. The molecule has 0 saturated carbocycles. The van der Waals surface area contributed by atoms with Crippen LogP contribution in [-0.2, 0) is 14.4 Å². The molecule has 0 spiro atoms. The molecule has 0 aliphatic heterocycles. The van der Waals surface area contributed by atoms with Crippen molar-refractivity contribution in [3.8, 4) is 23.0 Å². The number of aryl methyl sites for hydroxylation is 1. The van der Waals surface area contributed by atoms with E-state index in [1.165, 1.54) is 38.1 Å². The van der Waals surface area contributed by atoms with Crippen molar-refractivity contribution >= 4 is 35.4 Å². The molecule has 0 heterocycles. The van der Waals surface area contributed by atoms with Crippen molar-refractivity contribution in [3.63, 3.8) is 0 Å². The van der Waals surface area contributed by atoms with Gasteiger partial charge >= 0.3 is 23.9 Å². The fourth-order valence-corrected chi connectivity index (χ4v) is 3.27. The highest BCUT2D eigenvalue weighted by molar-refractivity contribution is 6.33. The van der Waals surface area contributed by atoms with Gasteiger partial charge in [0.25, 0.3) is 0 Å². The first-order chi connectivity index (χ1) is 21.8. The van der Waals surface area contributed by atoms with E-state index >= 15 is 0 Å². The van der Waals surface area contributed by atoms with Crippen LogP contribution in [0.15, 0.2) is 97.1 Å². The molecule has 4 aromatic carbocycles. The summed E-state index contributed by atoms with van der Waals surface area (Å²) in [4.78, 5) is 65.5. The van der Waals surface area contributed by atoms with E-state index in [1.54, 1.807) is 79.9 Å². The molecular formula is C35H32O11. The Morgan fingerprint density at radius 1 is 0.522 bits per heavy atom. The van der Waals surface area contributed by atoms with Gasteiger partial charge in [-0.1, -0.05) is 29.8 Å². The summed E-state index contributed by atoms with van der Waals surface area (Å²) < 4.78 is 19.7. The minimum atomic E-state index is -0.930.